The second kappa shape index (κ2) is 19.0. The molecule has 13 heteroatoms. The number of carbonyl (C=O) groups is 3. The summed E-state index contributed by atoms with van der Waals surface area (Å²) in [7, 11) is 2.92. The lowest BCUT2D eigenvalue weighted by atomic mass is 9.85. The highest BCUT2D eigenvalue weighted by Crippen LogP contribution is 2.47. The standard InChI is InChI=1S/C35H59IN4O8/c1-22(21-35(6)32(48-35)25(4)31(45-7)26(5)41)10-9-11-23(2)30-24(3)12-13-27(47-30)20-29(42)38-28(33(43)46-8)14-15-37-34(44)39-16-18-40(36)19-17-39/h9-11,22,24-28,30-32,41H,12-21H2,1-8H3,(H,37,44)(H,38,42)/b10-9+,23-11+/t22-,24+,25-,26-,27-,28+,30-,31-,32-,35-/m1/s1. The highest BCUT2D eigenvalue weighted by Gasteiger charge is 2.56. The van der Waals surface area contributed by atoms with Crippen molar-refractivity contribution in [1.82, 2.24) is 18.6 Å². The molecule has 12 nitrogen and oxygen atoms in total. The average molecular weight is 791 g/mol. The second-order valence-electron chi connectivity index (χ2n) is 14.1. The normalized spacial score (nSPS) is 29.9. The Morgan fingerprint density at radius 3 is 2.44 bits per heavy atom. The van der Waals surface area contributed by atoms with Crippen molar-refractivity contribution in [2.45, 2.75) is 116 Å². The molecule has 3 heterocycles. The molecule has 48 heavy (non-hydrogen) atoms. The summed E-state index contributed by atoms with van der Waals surface area (Å²) in [6.07, 6.45) is 8.11. The molecule has 0 unspecified atom stereocenters. The van der Waals surface area contributed by atoms with Crippen LogP contribution in [0.4, 0.5) is 4.79 Å². The summed E-state index contributed by atoms with van der Waals surface area (Å²) in [6, 6.07) is -1.03. The van der Waals surface area contributed by atoms with Crippen molar-refractivity contribution in [2.75, 3.05) is 46.9 Å². The molecule has 0 bridgehead atoms. The topological polar surface area (TPSA) is 142 Å². The van der Waals surface area contributed by atoms with E-state index < -0.39 is 18.1 Å². The highest BCUT2D eigenvalue weighted by atomic mass is 127. The van der Waals surface area contributed by atoms with Crippen molar-refractivity contribution < 1.29 is 38.4 Å². The summed E-state index contributed by atoms with van der Waals surface area (Å²) in [5, 5.41) is 15.7. The number of epoxide rings is 1. The molecule has 0 aromatic carbocycles. The Kier molecular flexibility index (Phi) is 16.1. The fourth-order valence-electron chi connectivity index (χ4n) is 7.19. The van der Waals surface area contributed by atoms with E-state index in [1.165, 1.54) is 7.11 Å². The van der Waals surface area contributed by atoms with E-state index in [1.54, 1.807) is 18.9 Å². The quantitative estimate of drug-likeness (QED) is 0.0696. The molecule has 3 rings (SSSR count). The molecular weight excluding hydrogens is 731 g/mol. The molecule has 0 aromatic heterocycles. The molecule has 274 valence electrons. The number of piperazine rings is 1. The van der Waals surface area contributed by atoms with Crippen molar-refractivity contribution in [2.24, 2.45) is 17.8 Å². The Hall–Kier alpha value is -1.78. The Labute approximate surface area is 301 Å². The Bertz CT molecular complexity index is 1130. The first-order valence-corrected chi connectivity index (χ1v) is 18.3. The van der Waals surface area contributed by atoms with E-state index in [0.29, 0.717) is 19.0 Å². The van der Waals surface area contributed by atoms with Gasteiger partial charge in [-0.3, -0.25) is 4.79 Å². The number of methoxy groups -OCH3 is 2. The van der Waals surface area contributed by atoms with Gasteiger partial charge in [0.2, 0.25) is 5.91 Å². The lowest BCUT2D eigenvalue weighted by Crippen LogP contribution is -2.50. The molecule has 3 aliphatic heterocycles. The van der Waals surface area contributed by atoms with Crippen molar-refractivity contribution in [3.05, 3.63) is 23.8 Å². The minimum Gasteiger partial charge on any atom is -0.467 e. The van der Waals surface area contributed by atoms with E-state index in [2.05, 4.69) is 89.5 Å². The first kappa shape index (κ1) is 40.6. The monoisotopic (exact) mass is 790 g/mol. The van der Waals surface area contributed by atoms with Gasteiger partial charge in [-0.2, -0.15) is 0 Å². The van der Waals surface area contributed by atoms with Gasteiger partial charge in [0.1, 0.15) is 6.04 Å². The van der Waals surface area contributed by atoms with Gasteiger partial charge in [0.15, 0.2) is 0 Å². The number of aliphatic hydroxyl groups excluding tert-OH is 1. The van der Waals surface area contributed by atoms with Gasteiger partial charge in [0.25, 0.3) is 0 Å². The van der Waals surface area contributed by atoms with Gasteiger partial charge in [-0.1, -0.05) is 39.0 Å². The minimum absolute atomic E-state index is 0.0477. The fourth-order valence-corrected chi connectivity index (χ4v) is 7.63. The van der Waals surface area contributed by atoms with Gasteiger partial charge in [0, 0.05) is 68.6 Å². The summed E-state index contributed by atoms with van der Waals surface area (Å²) < 4.78 is 25.1. The van der Waals surface area contributed by atoms with Gasteiger partial charge in [-0.15, -0.1) is 0 Å². The summed E-state index contributed by atoms with van der Waals surface area (Å²) in [4.78, 5) is 39.7. The van der Waals surface area contributed by atoms with E-state index >= 15 is 0 Å². The third-order valence-corrected chi connectivity index (χ3v) is 10.9. The Morgan fingerprint density at radius 2 is 1.81 bits per heavy atom. The van der Waals surface area contributed by atoms with Crippen molar-refractivity contribution in [1.29, 1.82) is 0 Å². The number of hydrogen-bond donors (Lipinski definition) is 3. The van der Waals surface area contributed by atoms with Crippen molar-refractivity contribution in [3.8, 4) is 0 Å². The van der Waals surface area contributed by atoms with Crippen LogP contribution in [0.1, 0.15) is 73.6 Å². The fraction of sp³-hybridized carbons (Fsp3) is 0.800. The second-order valence-corrected chi connectivity index (χ2v) is 15.5. The van der Waals surface area contributed by atoms with Crippen LogP contribution in [-0.4, -0.2) is 120 Å². The van der Waals surface area contributed by atoms with Crippen molar-refractivity contribution >= 4 is 40.8 Å². The van der Waals surface area contributed by atoms with Gasteiger partial charge in [-0.05, 0) is 63.9 Å². The highest BCUT2D eigenvalue weighted by molar-refractivity contribution is 14.1. The van der Waals surface area contributed by atoms with Crippen LogP contribution in [0, 0.1) is 17.8 Å². The maximum atomic E-state index is 13.0. The summed E-state index contributed by atoms with van der Waals surface area (Å²) in [5.74, 6) is -0.145. The number of nitrogens with one attached hydrogen (secondary N) is 2. The molecule has 3 fully saturated rings. The number of aliphatic hydroxyl groups is 1. The van der Waals surface area contributed by atoms with Crippen LogP contribution in [0.2, 0.25) is 0 Å². The predicted octanol–water partition coefficient (Wildman–Crippen LogP) is 4.00. The van der Waals surface area contributed by atoms with Gasteiger partial charge in [0.05, 0.1) is 49.7 Å². The average Bonchev–Trinajstić information content (AvgIpc) is 3.71. The molecule has 3 aliphatic rings. The molecule has 0 aromatic rings. The maximum Gasteiger partial charge on any atom is 0.328 e. The van der Waals surface area contributed by atoms with Crippen LogP contribution in [0.15, 0.2) is 23.8 Å². The van der Waals surface area contributed by atoms with Crippen LogP contribution in [0.3, 0.4) is 0 Å². The van der Waals surface area contributed by atoms with E-state index in [-0.39, 0.29) is 73.2 Å². The number of nitrogens with zero attached hydrogens (tertiary/aromatic N) is 2. The zero-order valence-electron chi connectivity index (χ0n) is 30.1. The minimum atomic E-state index is -0.859. The van der Waals surface area contributed by atoms with Crippen LogP contribution in [-0.2, 0) is 28.5 Å². The molecule has 10 atom stereocenters. The number of ether oxygens (including phenoxy) is 4. The molecule has 0 spiro atoms. The molecule has 3 amide bonds. The number of halogens is 1. The third kappa shape index (κ3) is 11.9. The summed E-state index contributed by atoms with van der Waals surface area (Å²) >= 11 is 2.25. The van der Waals surface area contributed by atoms with E-state index in [9.17, 15) is 19.5 Å². The number of esters is 1. The van der Waals surface area contributed by atoms with Gasteiger partial charge < -0.3 is 39.6 Å². The van der Waals surface area contributed by atoms with Crippen LogP contribution in [0.25, 0.3) is 0 Å². The van der Waals surface area contributed by atoms with Crippen molar-refractivity contribution in [3.63, 3.8) is 0 Å². The zero-order valence-corrected chi connectivity index (χ0v) is 32.2. The molecule has 3 N–H and O–H groups in total. The number of allylic oxidation sites excluding steroid dienone is 3. The summed E-state index contributed by atoms with van der Waals surface area (Å²) in [6.45, 7) is 15.5. The van der Waals surface area contributed by atoms with E-state index in [4.69, 9.17) is 18.9 Å². The van der Waals surface area contributed by atoms with Crippen LogP contribution in [0.5, 0.6) is 0 Å². The molecular formula is C35H59IN4O8. The molecule has 0 aliphatic carbocycles. The molecule has 0 radical (unpaired) electrons. The Balaban J connectivity index is 1.47. The largest absolute Gasteiger partial charge is 0.467 e. The number of urea groups is 1. The van der Waals surface area contributed by atoms with E-state index in [0.717, 1.165) is 37.9 Å². The lowest BCUT2D eigenvalue weighted by Gasteiger charge is -2.35. The van der Waals surface area contributed by atoms with Gasteiger partial charge >= 0.3 is 12.0 Å². The smallest absolute Gasteiger partial charge is 0.328 e. The van der Waals surface area contributed by atoms with Gasteiger partial charge in [-0.25, -0.2) is 12.7 Å². The van der Waals surface area contributed by atoms with E-state index in [1.807, 2.05) is 0 Å². The summed E-state index contributed by atoms with van der Waals surface area (Å²) in [5.41, 5.74) is 0.854. The Morgan fingerprint density at radius 1 is 1.12 bits per heavy atom. The maximum absolute atomic E-state index is 13.0. The number of rotatable bonds is 16. The SMILES string of the molecule is COC(=O)[C@H](CCNC(=O)N1CCN(I)CC1)NC(=O)C[C@H]1CC[C@H](C)[C@@H](/C(C)=C/C=C/[C@@H](C)C[C@@]2(C)O[C@@H]2[C@H](C)[C@@H](OC)[C@@H](C)O)O1. The van der Waals surface area contributed by atoms with Crippen LogP contribution >= 0.6 is 22.9 Å². The molecule has 0 saturated carbocycles. The third-order valence-electron chi connectivity index (χ3n) is 9.91. The first-order chi connectivity index (χ1) is 22.7. The lowest BCUT2D eigenvalue weighted by molar-refractivity contribution is -0.146. The molecule has 3 saturated heterocycles. The zero-order chi connectivity index (χ0) is 35.6. The number of hydrogen-bond acceptors (Lipinski definition) is 9. The first-order valence-electron chi connectivity index (χ1n) is 17.4. The number of amides is 3. The number of carbonyl (C=O) groups excluding carboxylic acids is 3. The van der Waals surface area contributed by atoms with Crippen LogP contribution < -0.4 is 10.6 Å². The predicted molar refractivity (Wildman–Crippen MR) is 192 cm³/mol.